The van der Waals surface area contributed by atoms with Crippen molar-refractivity contribution in [3.05, 3.63) is 182 Å². The summed E-state index contributed by atoms with van der Waals surface area (Å²) < 4.78 is 0. The third-order valence-corrected chi connectivity index (χ3v) is 7.55. The van der Waals surface area contributed by atoms with E-state index >= 15 is 0 Å². The fourth-order valence-corrected chi connectivity index (χ4v) is 5.24. The number of benzene rings is 6. The summed E-state index contributed by atoms with van der Waals surface area (Å²) in [5, 5.41) is 0. The maximum atomic E-state index is 5.26. The standard InChI is InChI=1S/C42H30N4/c1-5-17-31(18-6-1)39-29-40(32-19-7-2-8-20-32)44-37-27-15-16-28-38(37)46-42(34-23-11-4-12-24-34)30-41(33-21-9-3-10-22-33)45-36-26-14-13-25-35(36)43-39/h1-30H. The van der Waals surface area contributed by atoms with Crippen molar-refractivity contribution >= 4 is 22.1 Å². The number of nitrogens with zero attached hydrogens (tertiary/aromatic N) is 4. The zero-order chi connectivity index (χ0) is 31.0. The fraction of sp³-hybridized carbons (Fsp3) is 0. The first kappa shape index (κ1) is 28.5. The van der Waals surface area contributed by atoms with Gasteiger partial charge in [0.05, 0.1) is 44.8 Å². The molecule has 7 aromatic rings. The first-order valence-corrected chi connectivity index (χ1v) is 15.2. The Morgan fingerprint density at radius 2 is 0.413 bits per heavy atom. The Kier molecular flexibility index (Phi) is 8.42. The number of fused-ring (bicyclic) bond motifs is 2. The van der Waals surface area contributed by atoms with Crippen LogP contribution < -0.4 is 0 Å². The topological polar surface area (TPSA) is 51.6 Å². The fourth-order valence-electron chi connectivity index (χ4n) is 5.24. The molecule has 4 nitrogen and oxygen atoms in total. The van der Waals surface area contributed by atoms with Crippen molar-refractivity contribution < 1.29 is 0 Å². The Bertz CT molecular complexity index is 1920. The molecule has 0 spiro atoms. The summed E-state index contributed by atoms with van der Waals surface area (Å²) in [4.78, 5) is 21.1. The molecule has 0 atom stereocenters. The quantitative estimate of drug-likeness (QED) is 0.205. The molecule has 0 fully saturated rings. The van der Waals surface area contributed by atoms with E-state index in [0.717, 1.165) is 67.1 Å². The first-order chi connectivity index (χ1) is 22.8. The minimum Gasteiger partial charge on any atom is -0.246 e. The Balaban J connectivity index is 1.70. The number of rotatable bonds is 4. The van der Waals surface area contributed by atoms with Crippen LogP contribution in [0.1, 0.15) is 0 Å². The van der Waals surface area contributed by atoms with E-state index in [1.54, 1.807) is 0 Å². The molecule has 0 N–H and O–H groups in total. The summed E-state index contributed by atoms with van der Waals surface area (Å²) >= 11 is 0. The maximum Gasteiger partial charge on any atom is 0.0893 e. The number of para-hydroxylation sites is 4. The zero-order valence-corrected chi connectivity index (χ0v) is 25.1. The third-order valence-electron chi connectivity index (χ3n) is 7.55. The first-order valence-electron chi connectivity index (χ1n) is 15.2. The van der Waals surface area contributed by atoms with Crippen molar-refractivity contribution in [2.45, 2.75) is 0 Å². The van der Waals surface area contributed by atoms with E-state index in [4.69, 9.17) is 19.9 Å². The normalized spacial score (nSPS) is 10.6. The summed E-state index contributed by atoms with van der Waals surface area (Å²) in [5.74, 6) is 0. The second-order valence-electron chi connectivity index (χ2n) is 10.7. The van der Waals surface area contributed by atoms with E-state index in [9.17, 15) is 0 Å². The minimum absolute atomic E-state index is 0.752. The lowest BCUT2D eigenvalue weighted by molar-refractivity contribution is 1.32. The van der Waals surface area contributed by atoms with E-state index < -0.39 is 0 Å². The Morgan fingerprint density at radius 3 is 0.630 bits per heavy atom. The van der Waals surface area contributed by atoms with Crippen LogP contribution in [-0.4, -0.2) is 19.9 Å². The molecule has 6 aromatic carbocycles. The van der Waals surface area contributed by atoms with Crippen LogP contribution >= 0.6 is 0 Å². The summed E-state index contributed by atoms with van der Waals surface area (Å²) in [7, 11) is 0. The molecule has 0 radical (unpaired) electrons. The summed E-state index contributed by atoms with van der Waals surface area (Å²) in [5.41, 5.74) is 10.0. The second kappa shape index (κ2) is 13.6. The highest BCUT2D eigenvalue weighted by molar-refractivity contribution is 5.81. The average Bonchev–Trinajstić information content (AvgIpc) is 3.13. The van der Waals surface area contributed by atoms with Gasteiger partial charge in [0, 0.05) is 22.3 Å². The van der Waals surface area contributed by atoms with Crippen molar-refractivity contribution in [2.75, 3.05) is 0 Å². The molecule has 1 heterocycles. The molecular weight excluding hydrogens is 560 g/mol. The van der Waals surface area contributed by atoms with E-state index in [-0.39, 0.29) is 0 Å². The van der Waals surface area contributed by atoms with Gasteiger partial charge in [-0.25, -0.2) is 19.9 Å². The third kappa shape index (κ3) is 6.62. The predicted molar refractivity (Wildman–Crippen MR) is 190 cm³/mol. The molecule has 0 unspecified atom stereocenters. The highest BCUT2D eigenvalue weighted by atomic mass is 14.8. The van der Waals surface area contributed by atoms with Crippen LogP contribution in [0.2, 0.25) is 0 Å². The SMILES string of the molecule is c1ccc(-c2cc(-c3ccccc3)nc3ccccc3nc(-c3ccccc3)cc(-c3ccccc3)nc3ccccc3n2)cc1. The molecule has 218 valence electrons. The van der Waals surface area contributed by atoms with Gasteiger partial charge in [-0.15, -0.1) is 0 Å². The van der Waals surface area contributed by atoms with Gasteiger partial charge in [-0.2, -0.15) is 0 Å². The Morgan fingerprint density at radius 1 is 0.217 bits per heavy atom. The molecule has 1 aromatic heterocycles. The van der Waals surface area contributed by atoms with E-state index in [0.29, 0.717) is 0 Å². The molecule has 0 amide bonds. The van der Waals surface area contributed by atoms with Gasteiger partial charge in [-0.3, -0.25) is 0 Å². The van der Waals surface area contributed by atoms with Crippen molar-refractivity contribution in [1.29, 1.82) is 0 Å². The Hall–Kier alpha value is -6.26. The van der Waals surface area contributed by atoms with Crippen LogP contribution in [0.5, 0.6) is 0 Å². The average molecular weight is 591 g/mol. The van der Waals surface area contributed by atoms with Gasteiger partial charge in [0.15, 0.2) is 0 Å². The summed E-state index contributed by atoms with van der Waals surface area (Å²) in [6.07, 6.45) is 0. The van der Waals surface area contributed by atoms with Crippen LogP contribution in [-0.2, 0) is 0 Å². The lowest BCUT2D eigenvalue weighted by Gasteiger charge is -2.06. The number of hydrogen-bond donors (Lipinski definition) is 0. The van der Waals surface area contributed by atoms with Crippen molar-refractivity contribution in [1.82, 2.24) is 19.9 Å². The van der Waals surface area contributed by atoms with Crippen LogP contribution in [0.25, 0.3) is 67.1 Å². The smallest absolute Gasteiger partial charge is 0.0893 e. The second-order valence-corrected chi connectivity index (χ2v) is 10.7. The molecular formula is C42H30N4. The van der Waals surface area contributed by atoms with Gasteiger partial charge in [-0.1, -0.05) is 146 Å². The summed E-state index contributed by atoms with van der Waals surface area (Å²) in [6, 6.07) is 60.9. The molecule has 46 heavy (non-hydrogen) atoms. The molecule has 0 aliphatic heterocycles. The molecule has 0 saturated heterocycles. The van der Waals surface area contributed by atoms with Gasteiger partial charge in [-0.05, 0) is 36.4 Å². The van der Waals surface area contributed by atoms with E-state index in [1.165, 1.54) is 0 Å². The van der Waals surface area contributed by atoms with Crippen LogP contribution in [0.15, 0.2) is 182 Å². The van der Waals surface area contributed by atoms with E-state index in [1.807, 2.05) is 121 Å². The van der Waals surface area contributed by atoms with Gasteiger partial charge in [0.1, 0.15) is 0 Å². The van der Waals surface area contributed by atoms with E-state index in [2.05, 4.69) is 60.7 Å². The monoisotopic (exact) mass is 590 g/mol. The minimum atomic E-state index is 0.752. The maximum absolute atomic E-state index is 5.26. The van der Waals surface area contributed by atoms with Crippen LogP contribution in [0.4, 0.5) is 0 Å². The molecule has 0 bridgehead atoms. The van der Waals surface area contributed by atoms with Gasteiger partial charge < -0.3 is 0 Å². The number of aromatic nitrogens is 4. The highest BCUT2D eigenvalue weighted by Crippen LogP contribution is 2.26. The predicted octanol–water partition coefficient (Wildman–Crippen LogP) is 10.5. The zero-order valence-electron chi connectivity index (χ0n) is 25.1. The molecule has 0 aliphatic carbocycles. The largest absolute Gasteiger partial charge is 0.246 e. The summed E-state index contributed by atoms with van der Waals surface area (Å²) in [6.45, 7) is 0. The van der Waals surface area contributed by atoms with Gasteiger partial charge >= 0.3 is 0 Å². The lowest BCUT2D eigenvalue weighted by atomic mass is 10.1. The van der Waals surface area contributed by atoms with Crippen molar-refractivity contribution in [2.24, 2.45) is 0 Å². The van der Waals surface area contributed by atoms with Crippen LogP contribution in [0, 0.1) is 0 Å². The van der Waals surface area contributed by atoms with Crippen molar-refractivity contribution in [3.63, 3.8) is 0 Å². The van der Waals surface area contributed by atoms with Gasteiger partial charge in [0.25, 0.3) is 0 Å². The molecule has 0 saturated carbocycles. The lowest BCUT2D eigenvalue weighted by Crippen LogP contribution is -1.90. The molecule has 7 rings (SSSR count). The van der Waals surface area contributed by atoms with Crippen molar-refractivity contribution in [3.8, 4) is 45.0 Å². The molecule has 4 heteroatoms. The number of hydrogen-bond acceptors (Lipinski definition) is 4. The Labute approximate surface area is 268 Å². The van der Waals surface area contributed by atoms with Gasteiger partial charge in [0.2, 0.25) is 0 Å². The van der Waals surface area contributed by atoms with Crippen LogP contribution in [0.3, 0.4) is 0 Å². The molecule has 0 aliphatic rings. The highest BCUT2D eigenvalue weighted by Gasteiger charge is 2.07.